The number of rotatable bonds is 6. The molecule has 0 aliphatic carbocycles. The molecule has 0 atom stereocenters. The van der Waals surface area contributed by atoms with E-state index in [1.807, 2.05) is 0 Å². The first-order chi connectivity index (χ1) is 13.0. The summed E-state index contributed by atoms with van der Waals surface area (Å²) in [5, 5.41) is 0. The molecule has 10 nitrogen and oxygen atoms in total. The Morgan fingerprint density at radius 1 is 0.815 bits per heavy atom. The van der Waals surface area contributed by atoms with Gasteiger partial charge in [-0.15, -0.1) is 0 Å². The normalized spacial score (nSPS) is 18.0. The molecule has 150 valence electrons. The van der Waals surface area contributed by atoms with E-state index in [4.69, 9.17) is 18.9 Å². The summed E-state index contributed by atoms with van der Waals surface area (Å²) in [4.78, 5) is 50.5. The number of amides is 2. The largest absolute Gasteiger partial charge is 0.452 e. The fraction of sp³-hybridized carbons (Fsp3) is 0.647. The van der Waals surface area contributed by atoms with Gasteiger partial charge in [0, 0.05) is 37.8 Å². The van der Waals surface area contributed by atoms with Gasteiger partial charge in [0.05, 0.1) is 26.4 Å². The maximum Gasteiger partial charge on any atom is 0.334 e. The quantitative estimate of drug-likeness (QED) is 0.412. The van der Waals surface area contributed by atoms with E-state index in [0.29, 0.717) is 52.6 Å². The fourth-order valence-corrected chi connectivity index (χ4v) is 2.46. The van der Waals surface area contributed by atoms with E-state index in [2.05, 4.69) is 0 Å². The molecule has 2 amide bonds. The van der Waals surface area contributed by atoms with Crippen molar-refractivity contribution in [1.29, 1.82) is 0 Å². The minimum atomic E-state index is -0.828. The second-order valence-electron chi connectivity index (χ2n) is 6.00. The lowest BCUT2D eigenvalue weighted by Gasteiger charge is -2.26. The SMILES string of the molecule is C/C(=C/C(=O)OCC(=O)N1CCOCC1)C(=O)OCC(=O)N1CCOCC1. The topological polar surface area (TPSA) is 112 Å². The number of hydrogen-bond donors (Lipinski definition) is 0. The monoisotopic (exact) mass is 384 g/mol. The highest BCUT2D eigenvalue weighted by molar-refractivity contribution is 5.97. The molecule has 0 spiro atoms. The van der Waals surface area contributed by atoms with Crippen LogP contribution in [-0.4, -0.2) is 99.4 Å². The molecular weight excluding hydrogens is 360 g/mol. The summed E-state index contributed by atoms with van der Waals surface area (Å²) in [6, 6.07) is 0. The minimum absolute atomic E-state index is 0.0198. The average Bonchev–Trinajstić information content (AvgIpc) is 2.71. The van der Waals surface area contributed by atoms with E-state index in [-0.39, 0.29) is 17.4 Å². The number of nitrogens with zero attached hydrogens (tertiary/aromatic N) is 2. The lowest BCUT2D eigenvalue weighted by atomic mass is 10.3. The summed E-state index contributed by atoms with van der Waals surface area (Å²) in [5.74, 6) is -2.27. The van der Waals surface area contributed by atoms with Gasteiger partial charge in [0.2, 0.25) is 0 Å². The van der Waals surface area contributed by atoms with Gasteiger partial charge in [0.25, 0.3) is 11.8 Å². The van der Waals surface area contributed by atoms with Crippen molar-refractivity contribution in [3.05, 3.63) is 11.6 Å². The number of morpholine rings is 2. The third kappa shape index (κ3) is 6.99. The zero-order valence-electron chi connectivity index (χ0n) is 15.3. The lowest BCUT2D eigenvalue weighted by Crippen LogP contribution is -2.42. The molecule has 0 saturated carbocycles. The molecule has 0 bridgehead atoms. The van der Waals surface area contributed by atoms with E-state index >= 15 is 0 Å². The summed E-state index contributed by atoms with van der Waals surface area (Å²) >= 11 is 0. The number of carbonyl (C=O) groups is 4. The fourth-order valence-electron chi connectivity index (χ4n) is 2.46. The van der Waals surface area contributed by atoms with Crippen LogP contribution in [0.25, 0.3) is 0 Å². The number of esters is 2. The number of carbonyl (C=O) groups excluding carboxylic acids is 4. The van der Waals surface area contributed by atoms with E-state index < -0.39 is 25.2 Å². The molecule has 0 unspecified atom stereocenters. The summed E-state index contributed by atoms with van der Waals surface area (Å²) in [5.41, 5.74) is -0.0198. The summed E-state index contributed by atoms with van der Waals surface area (Å²) in [7, 11) is 0. The first-order valence-electron chi connectivity index (χ1n) is 8.70. The van der Waals surface area contributed by atoms with Gasteiger partial charge in [-0.05, 0) is 6.92 Å². The van der Waals surface area contributed by atoms with Crippen LogP contribution >= 0.6 is 0 Å². The number of hydrogen-bond acceptors (Lipinski definition) is 8. The zero-order chi connectivity index (χ0) is 19.6. The van der Waals surface area contributed by atoms with Gasteiger partial charge < -0.3 is 28.7 Å². The molecule has 10 heteroatoms. The van der Waals surface area contributed by atoms with Crippen molar-refractivity contribution in [2.24, 2.45) is 0 Å². The van der Waals surface area contributed by atoms with Crippen molar-refractivity contribution in [1.82, 2.24) is 9.80 Å². The summed E-state index contributed by atoms with van der Waals surface area (Å²) in [6.45, 7) is 4.17. The van der Waals surface area contributed by atoms with Gasteiger partial charge in [-0.3, -0.25) is 9.59 Å². The van der Waals surface area contributed by atoms with Crippen LogP contribution < -0.4 is 0 Å². The van der Waals surface area contributed by atoms with Crippen molar-refractivity contribution in [3.63, 3.8) is 0 Å². The molecule has 2 rings (SSSR count). The Bertz CT molecular complexity index is 592. The van der Waals surface area contributed by atoms with Gasteiger partial charge >= 0.3 is 11.9 Å². The van der Waals surface area contributed by atoms with E-state index in [0.717, 1.165) is 6.08 Å². The molecular formula is C17H24N2O8. The highest BCUT2D eigenvalue weighted by Gasteiger charge is 2.20. The first kappa shape index (κ1) is 20.8. The second kappa shape index (κ2) is 10.6. The smallest absolute Gasteiger partial charge is 0.334 e. The first-order valence-corrected chi connectivity index (χ1v) is 8.70. The molecule has 2 saturated heterocycles. The predicted molar refractivity (Wildman–Crippen MR) is 90.5 cm³/mol. The second-order valence-corrected chi connectivity index (χ2v) is 6.00. The highest BCUT2D eigenvalue weighted by atomic mass is 16.5. The zero-order valence-corrected chi connectivity index (χ0v) is 15.3. The van der Waals surface area contributed by atoms with E-state index in [1.165, 1.54) is 6.92 Å². The van der Waals surface area contributed by atoms with Crippen LogP contribution in [0.2, 0.25) is 0 Å². The van der Waals surface area contributed by atoms with E-state index in [9.17, 15) is 19.2 Å². The average molecular weight is 384 g/mol. The van der Waals surface area contributed by atoms with Crippen molar-refractivity contribution >= 4 is 23.8 Å². The Balaban J connectivity index is 1.70. The van der Waals surface area contributed by atoms with Crippen molar-refractivity contribution in [2.45, 2.75) is 6.92 Å². The van der Waals surface area contributed by atoms with Crippen LogP contribution in [0.3, 0.4) is 0 Å². The molecule has 0 N–H and O–H groups in total. The molecule has 27 heavy (non-hydrogen) atoms. The van der Waals surface area contributed by atoms with Crippen molar-refractivity contribution in [3.8, 4) is 0 Å². The maximum atomic E-state index is 11.9. The van der Waals surface area contributed by atoms with E-state index in [1.54, 1.807) is 9.80 Å². The van der Waals surface area contributed by atoms with Gasteiger partial charge in [-0.2, -0.15) is 0 Å². The Hall–Kier alpha value is -2.46. The third-order valence-corrected chi connectivity index (χ3v) is 4.05. The van der Waals surface area contributed by atoms with Crippen LogP contribution in [0.5, 0.6) is 0 Å². The van der Waals surface area contributed by atoms with Crippen LogP contribution in [0.15, 0.2) is 11.6 Å². The molecule has 0 aromatic heterocycles. The molecule has 2 heterocycles. The van der Waals surface area contributed by atoms with Crippen molar-refractivity contribution < 1.29 is 38.1 Å². The minimum Gasteiger partial charge on any atom is -0.452 e. The molecule has 0 aromatic rings. The lowest BCUT2D eigenvalue weighted by molar-refractivity contribution is -0.151. The predicted octanol–water partition coefficient (Wildman–Crippen LogP) is -1.26. The Morgan fingerprint density at radius 2 is 1.26 bits per heavy atom. The van der Waals surface area contributed by atoms with Gasteiger partial charge in [0.1, 0.15) is 0 Å². The molecule has 2 fully saturated rings. The molecule has 0 aromatic carbocycles. The number of ether oxygens (including phenoxy) is 4. The van der Waals surface area contributed by atoms with Crippen molar-refractivity contribution in [2.75, 3.05) is 65.8 Å². The Morgan fingerprint density at radius 3 is 1.74 bits per heavy atom. The summed E-state index contributed by atoms with van der Waals surface area (Å²) in [6.07, 6.45) is 0.939. The highest BCUT2D eigenvalue weighted by Crippen LogP contribution is 2.02. The molecule has 2 aliphatic rings. The van der Waals surface area contributed by atoms with Crippen LogP contribution in [0.4, 0.5) is 0 Å². The third-order valence-electron chi connectivity index (χ3n) is 4.05. The maximum absolute atomic E-state index is 11.9. The Labute approximate surface area is 156 Å². The van der Waals surface area contributed by atoms with Crippen LogP contribution in [-0.2, 0) is 38.1 Å². The summed E-state index contributed by atoms with van der Waals surface area (Å²) < 4.78 is 20.0. The Kier molecular flexibility index (Phi) is 8.21. The van der Waals surface area contributed by atoms with Gasteiger partial charge in [-0.25, -0.2) is 9.59 Å². The van der Waals surface area contributed by atoms with Gasteiger partial charge in [-0.1, -0.05) is 0 Å². The van der Waals surface area contributed by atoms with Crippen LogP contribution in [0, 0.1) is 0 Å². The molecule has 0 radical (unpaired) electrons. The van der Waals surface area contributed by atoms with Gasteiger partial charge in [0.15, 0.2) is 13.2 Å². The molecule has 2 aliphatic heterocycles. The van der Waals surface area contributed by atoms with Crippen LogP contribution in [0.1, 0.15) is 6.92 Å². The standard InChI is InChI=1S/C17H24N2O8/c1-13(17(23)27-12-15(21)19-4-8-25-9-5-19)10-16(22)26-11-14(20)18-2-6-24-7-3-18/h10H,2-9,11-12H2,1H3/b13-10-.